The third kappa shape index (κ3) is 3.72. The quantitative estimate of drug-likeness (QED) is 0.528. The van der Waals surface area contributed by atoms with Crippen LogP contribution in [0.25, 0.3) is 5.69 Å². The van der Waals surface area contributed by atoms with Gasteiger partial charge in [0.25, 0.3) is 0 Å². The number of aromatic amines is 1. The molecule has 3 N–H and O–H groups in total. The molecule has 1 aromatic heterocycles. The molecule has 28 heavy (non-hydrogen) atoms. The highest BCUT2D eigenvalue weighted by Crippen LogP contribution is 2.23. The van der Waals surface area contributed by atoms with Gasteiger partial charge in [-0.1, -0.05) is 47.6 Å². The van der Waals surface area contributed by atoms with Crippen LogP contribution in [-0.2, 0) is 6.54 Å². The van der Waals surface area contributed by atoms with Crippen molar-refractivity contribution in [2.24, 2.45) is 5.10 Å². The predicted molar refractivity (Wildman–Crippen MR) is 112 cm³/mol. The lowest BCUT2D eigenvalue weighted by Gasteiger charge is -2.18. The van der Waals surface area contributed by atoms with Crippen LogP contribution >= 0.6 is 35.4 Å². The average molecular weight is 435 g/mol. The Morgan fingerprint density at radius 2 is 1.82 bits per heavy atom. The van der Waals surface area contributed by atoms with Crippen LogP contribution in [0, 0.1) is 4.64 Å². The second kappa shape index (κ2) is 7.84. The molecule has 0 aliphatic carbocycles. The van der Waals surface area contributed by atoms with Gasteiger partial charge in [-0.15, -0.1) is 10.6 Å². The molecule has 10 heteroatoms. The Labute approximate surface area is 176 Å². The maximum Gasteiger partial charge on any atom is 0.177 e. The number of hydrogen-bond acceptors (Lipinski definition) is 6. The predicted octanol–water partition coefficient (Wildman–Crippen LogP) is 4.04. The van der Waals surface area contributed by atoms with E-state index in [0.29, 0.717) is 27.1 Å². The molecule has 0 amide bonds. The number of rotatable bonds is 5. The summed E-state index contributed by atoms with van der Waals surface area (Å²) in [6.45, 7) is 0.582. The van der Waals surface area contributed by atoms with Gasteiger partial charge in [0.15, 0.2) is 5.84 Å². The van der Waals surface area contributed by atoms with Crippen LogP contribution in [0.5, 0.6) is 5.75 Å². The van der Waals surface area contributed by atoms with Crippen LogP contribution in [-0.4, -0.2) is 27.7 Å². The zero-order chi connectivity index (χ0) is 19.7. The lowest BCUT2D eigenvalue weighted by atomic mass is 10.2. The first kappa shape index (κ1) is 18.8. The molecule has 2 heterocycles. The molecule has 0 bridgehead atoms. The maximum atomic E-state index is 6.11. The van der Waals surface area contributed by atoms with Crippen LogP contribution in [0.3, 0.4) is 0 Å². The number of halogens is 2. The number of methoxy groups -OCH3 is 1. The summed E-state index contributed by atoms with van der Waals surface area (Å²) in [7, 11) is 1.64. The van der Waals surface area contributed by atoms with Gasteiger partial charge in [0.05, 0.1) is 24.9 Å². The molecular weight excluding hydrogens is 419 g/mol. The van der Waals surface area contributed by atoms with Crippen molar-refractivity contribution < 1.29 is 4.74 Å². The van der Waals surface area contributed by atoms with Gasteiger partial charge in [0.2, 0.25) is 0 Å². The molecule has 0 saturated carbocycles. The van der Waals surface area contributed by atoms with Gasteiger partial charge in [0.1, 0.15) is 10.4 Å². The Kier molecular flexibility index (Phi) is 5.27. The van der Waals surface area contributed by atoms with E-state index in [1.807, 2.05) is 29.3 Å². The monoisotopic (exact) mass is 434 g/mol. The van der Waals surface area contributed by atoms with Crippen LogP contribution in [0.15, 0.2) is 53.8 Å². The summed E-state index contributed by atoms with van der Waals surface area (Å²) in [5.41, 5.74) is 8.39. The van der Waals surface area contributed by atoms with Gasteiger partial charge < -0.3 is 4.74 Å². The van der Waals surface area contributed by atoms with Crippen LogP contribution in [0.2, 0.25) is 10.0 Å². The summed E-state index contributed by atoms with van der Waals surface area (Å²) in [5.74, 6) is 1.48. The topological polar surface area (TPSA) is 69.6 Å². The molecule has 4 rings (SSSR count). The SMILES string of the molecule is COc1ccc(CN2NNN=C2c2c[nH]n(-c3cc(Cl)cc(Cl)c3)c2=S)cc1. The van der Waals surface area contributed by atoms with E-state index in [0.717, 1.165) is 22.6 Å². The highest BCUT2D eigenvalue weighted by atomic mass is 35.5. The molecule has 0 saturated heterocycles. The maximum absolute atomic E-state index is 6.11. The fourth-order valence-corrected chi connectivity index (χ4v) is 3.70. The van der Waals surface area contributed by atoms with Gasteiger partial charge in [0, 0.05) is 16.2 Å². The molecule has 3 aromatic rings. The molecule has 1 aliphatic rings. The second-order valence-electron chi connectivity index (χ2n) is 6.05. The van der Waals surface area contributed by atoms with E-state index in [1.165, 1.54) is 0 Å². The van der Waals surface area contributed by atoms with E-state index in [-0.39, 0.29) is 0 Å². The van der Waals surface area contributed by atoms with Crippen molar-refractivity contribution in [1.29, 1.82) is 0 Å². The van der Waals surface area contributed by atoms with Gasteiger partial charge >= 0.3 is 0 Å². The van der Waals surface area contributed by atoms with Crippen molar-refractivity contribution in [3.63, 3.8) is 0 Å². The van der Waals surface area contributed by atoms with E-state index < -0.39 is 0 Å². The van der Waals surface area contributed by atoms with E-state index >= 15 is 0 Å². The van der Waals surface area contributed by atoms with E-state index in [4.69, 9.17) is 40.2 Å². The number of benzene rings is 2. The van der Waals surface area contributed by atoms with Crippen molar-refractivity contribution in [1.82, 2.24) is 25.9 Å². The molecule has 0 atom stereocenters. The average Bonchev–Trinajstić information content (AvgIpc) is 3.27. The number of nitrogens with one attached hydrogen (secondary N) is 3. The number of ether oxygens (including phenoxy) is 1. The van der Waals surface area contributed by atoms with Crippen LogP contribution in [0.4, 0.5) is 0 Å². The number of amidine groups is 1. The van der Waals surface area contributed by atoms with Gasteiger partial charge in [-0.3, -0.25) is 10.1 Å². The van der Waals surface area contributed by atoms with E-state index in [9.17, 15) is 0 Å². The largest absolute Gasteiger partial charge is 0.497 e. The molecule has 144 valence electrons. The lowest BCUT2D eigenvalue weighted by molar-refractivity contribution is 0.288. The number of H-pyrrole nitrogens is 1. The first-order chi connectivity index (χ1) is 13.5. The smallest absolute Gasteiger partial charge is 0.177 e. The summed E-state index contributed by atoms with van der Waals surface area (Å²) < 4.78 is 7.49. The highest BCUT2D eigenvalue weighted by molar-refractivity contribution is 7.71. The lowest BCUT2D eigenvalue weighted by Crippen LogP contribution is -2.40. The van der Waals surface area contributed by atoms with Gasteiger partial charge in [-0.05, 0) is 35.9 Å². The number of aromatic nitrogens is 2. The van der Waals surface area contributed by atoms with Crippen LogP contribution < -0.4 is 15.8 Å². The summed E-state index contributed by atoms with van der Waals surface area (Å²) >= 11 is 17.9. The molecular formula is C18H16Cl2N6OS. The Morgan fingerprint density at radius 1 is 1.11 bits per heavy atom. The minimum Gasteiger partial charge on any atom is -0.497 e. The Balaban J connectivity index is 1.61. The molecule has 0 spiro atoms. The van der Waals surface area contributed by atoms with Crippen LogP contribution in [0.1, 0.15) is 11.1 Å². The van der Waals surface area contributed by atoms with Crippen molar-refractivity contribution >= 4 is 41.3 Å². The van der Waals surface area contributed by atoms with E-state index in [1.54, 1.807) is 36.2 Å². The van der Waals surface area contributed by atoms with Gasteiger partial charge in [-0.25, -0.2) is 10.2 Å². The standard InChI is InChI=1S/C18H16Cl2N6OS/c1-27-15-4-2-11(3-5-15)10-25-17(22-23-24-25)16-9-21-26(18(16)28)14-7-12(19)6-13(20)8-14/h2-9,21,23-24H,10H2,1H3. The van der Waals surface area contributed by atoms with Crippen molar-refractivity contribution in [2.75, 3.05) is 7.11 Å². The fraction of sp³-hybridized carbons (Fsp3) is 0.111. The third-order valence-electron chi connectivity index (χ3n) is 4.22. The Bertz CT molecular complexity index is 1070. The van der Waals surface area contributed by atoms with Gasteiger partial charge in [-0.2, -0.15) is 0 Å². The minimum absolute atomic E-state index is 0.531. The molecule has 0 radical (unpaired) electrons. The Morgan fingerprint density at radius 3 is 2.50 bits per heavy atom. The minimum atomic E-state index is 0.531. The summed E-state index contributed by atoms with van der Waals surface area (Å²) in [6.07, 6.45) is 1.80. The zero-order valence-corrected chi connectivity index (χ0v) is 17.1. The van der Waals surface area contributed by atoms with Crippen molar-refractivity contribution in [2.45, 2.75) is 6.54 Å². The summed E-state index contributed by atoms with van der Waals surface area (Å²) in [5, 5.41) is 10.4. The van der Waals surface area contributed by atoms with E-state index in [2.05, 4.69) is 21.3 Å². The molecule has 2 aromatic carbocycles. The first-order valence-corrected chi connectivity index (χ1v) is 9.47. The zero-order valence-electron chi connectivity index (χ0n) is 14.7. The molecule has 7 nitrogen and oxygen atoms in total. The number of hydrazone groups is 1. The number of nitrogens with zero attached hydrogens (tertiary/aromatic N) is 3. The number of hydrazine groups is 2. The molecule has 0 fully saturated rings. The normalized spacial score (nSPS) is 13.4. The highest BCUT2D eigenvalue weighted by Gasteiger charge is 2.22. The first-order valence-electron chi connectivity index (χ1n) is 8.31. The Hall–Kier alpha value is -2.52. The second-order valence-corrected chi connectivity index (χ2v) is 7.31. The summed E-state index contributed by atoms with van der Waals surface area (Å²) in [4.78, 5) is 0. The summed E-state index contributed by atoms with van der Waals surface area (Å²) in [6, 6.07) is 13.1. The van der Waals surface area contributed by atoms with Crippen molar-refractivity contribution in [3.05, 3.63) is 74.5 Å². The molecule has 0 unspecified atom stereocenters. The third-order valence-corrected chi connectivity index (χ3v) is 5.06. The number of hydrogen-bond donors (Lipinski definition) is 3. The van der Waals surface area contributed by atoms with Crippen molar-refractivity contribution in [3.8, 4) is 11.4 Å². The fourth-order valence-electron chi connectivity index (χ4n) is 2.88. The molecule has 1 aliphatic heterocycles.